The van der Waals surface area contributed by atoms with E-state index in [9.17, 15) is 24.6 Å². The molecule has 0 saturated heterocycles. The lowest BCUT2D eigenvalue weighted by Gasteiger charge is -2.37. The van der Waals surface area contributed by atoms with Crippen LogP contribution in [0.25, 0.3) is 0 Å². The summed E-state index contributed by atoms with van der Waals surface area (Å²) in [6.07, 6.45) is 3.43. The molecule has 0 heterocycles. The van der Waals surface area contributed by atoms with Gasteiger partial charge in [-0.3, -0.25) is 14.4 Å². The summed E-state index contributed by atoms with van der Waals surface area (Å²) in [4.78, 5) is 34.9. The summed E-state index contributed by atoms with van der Waals surface area (Å²) in [6.45, 7) is 0. The third kappa shape index (κ3) is 3.15. The van der Waals surface area contributed by atoms with E-state index in [-0.39, 0.29) is 18.6 Å². The van der Waals surface area contributed by atoms with Gasteiger partial charge in [-0.2, -0.15) is 0 Å². The zero-order valence-electron chi connectivity index (χ0n) is 11.9. The molecule has 0 aromatic rings. The second kappa shape index (κ2) is 6.39. The van der Waals surface area contributed by atoms with Crippen LogP contribution in [0.3, 0.4) is 0 Å². The van der Waals surface area contributed by atoms with Crippen molar-refractivity contribution in [1.29, 1.82) is 0 Å². The van der Waals surface area contributed by atoms with Crippen LogP contribution in [0.1, 0.15) is 32.1 Å². The Morgan fingerprint density at radius 3 is 2.52 bits per heavy atom. The summed E-state index contributed by atoms with van der Waals surface area (Å²) in [7, 11) is 1.43. The zero-order valence-corrected chi connectivity index (χ0v) is 11.9. The molecule has 6 nitrogen and oxygen atoms in total. The average molecular weight is 296 g/mol. The number of ketones is 1. The minimum Gasteiger partial charge on any atom is -0.481 e. The quantitative estimate of drug-likeness (QED) is 0.765. The maximum atomic E-state index is 12.0. The molecule has 2 aliphatic carbocycles. The van der Waals surface area contributed by atoms with Crippen molar-refractivity contribution in [3.05, 3.63) is 11.6 Å². The van der Waals surface area contributed by atoms with Gasteiger partial charge in [-0.05, 0) is 31.6 Å². The predicted molar refractivity (Wildman–Crippen MR) is 72.7 cm³/mol. The molecule has 0 amide bonds. The number of carbonyl (C=O) groups excluding carboxylic acids is 1. The first-order valence-electron chi connectivity index (χ1n) is 7.15. The van der Waals surface area contributed by atoms with Crippen LogP contribution in [-0.2, 0) is 19.1 Å². The largest absolute Gasteiger partial charge is 0.481 e. The number of ether oxygens (including phenoxy) is 1. The third-order valence-corrected chi connectivity index (χ3v) is 4.58. The SMILES string of the molecule is CO[C@@H]1C[C@@H]2C(=CC[C@H](C(=O)O)[C@H]2C(=O)O)CCCC1=O. The van der Waals surface area contributed by atoms with Crippen LogP contribution >= 0.6 is 0 Å². The molecule has 0 radical (unpaired) electrons. The fourth-order valence-electron chi connectivity index (χ4n) is 3.49. The van der Waals surface area contributed by atoms with Gasteiger partial charge in [0.25, 0.3) is 0 Å². The number of rotatable bonds is 3. The van der Waals surface area contributed by atoms with Crippen LogP contribution in [0, 0.1) is 17.8 Å². The van der Waals surface area contributed by atoms with Gasteiger partial charge in [0.1, 0.15) is 6.10 Å². The van der Waals surface area contributed by atoms with Crippen molar-refractivity contribution in [2.24, 2.45) is 17.8 Å². The van der Waals surface area contributed by atoms with Gasteiger partial charge < -0.3 is 14.9 Å². The van der Waals surface area contributed by atoms with Gasteiger partial charge in [0.2, 0.25) is 0 Å². The number of allylic oxidation sites excluding steroid dienone is 2. The molecule has 0 unspecified atom stereocenters. The highest BCUT2D eigenvalue weighted by molar-refractivity contribution is 5.84. The Morgan fingerprint density at radius 1 is 1.24 bits per heavy atom. The molecular formula is C15H20O6. The van der Waals surface area contributed by atoms with Crippen molar-refractivity contribution < 1.29 is 29.3 Å². The number of hydrogen-bond donors (Lipinski definition) is 2. The van der Waals surface area contributed by atoms with E-state index < -0.39 is 35.8 Å². The number of aliphatic carboxylic acids is 2. The summed E-state index contributed by atoms with van der Waals surface area (Å²) in [6, 6.07) is 0. The first-order chi connectivity index (χ1) is 9.95. The van der Waals surface area contributed by atoms with E-state index in [2.05, 4.69) is 0 Å². The van der Waals surface area contributed by atoms with Crippen LogP contribution < -0.4 is 0 Å². The molecule has 116 valence electrons. The highest BCUT2D eigenvalue weighted by Crippen LogP contribution is 2.41. The molecule has 21 heavy (non-hydrogen) atoms. The standard InChI is InChI=1S/C15H20O6/c1-21-12-7-10-8(3-2-4-11(12)16)5-6-9(14(17)18)13(10)15(19)20/h5,9-10,12-13H,2-4,6-7H2,1H3,(H,17,18)(H,19,20)/t9-,10+,12+,13+/m0/s1. The Balaban J connectivity index is 2.36. The van der Waals surface area contributed by atoms with Crippen molar-refractivity contribution in [2.75, 3.05) is 7.11 Å². The topological polar surface area (TPSA) is 101 Å². The maximum absolute atomic E-state index is 12.0. The van der Waals surface area contributed by atoms with Crippen molar-refractivity contribution in [3.8, 4) is 0 Å². The summed E-state index contributed by atoms with van der Waals surface area (Å²) >= 11 is 0. The van der Waals surface area contributed by atoms with E-state index in [1.165, 1.54) is 7.11 Å². The second-order valence-electron chi connectivity index (χ2n) is 5.71. The van der Waals surface area contributed by atoms with Gasteiger partial charge in [0.15, 0.2) is 5.78 Å². The molecule has 6 heteroatoms. The van der Waals surface area contributed by atoms with E-state index in [0.717, 1.165) is 5.57 Å². The Hall–Kier alpha value is -1.69. The van der Waals surface area contributed by atoms with E-state index in [0.29, 0.717) is 19.3 Å². The lowest BCUT2D eigenvalue weighted by Crippen LogP contribution is -2.42. The smallest absolute Gasteiger partial charge is 0.307 e. The highest BCUT2D eigenvalue weighted by atomic mass is 16.5. The van der Waals surface area contributed by atoms with Crippen molar-refractivity contribution in [1.82, 2.24) is 0 Å². The number of carboxylic acid groups (broad SMARTS) is 2. The van der Waals surface area contributed by atoms with Crippen LogP contribution in [0.4, 0.5) is 0 Å². The molecule has 0 spiro atoms. The van der Waals surface area contributed by atoms with Gasteiger partial charge in [-0.15, -0.1) is 0 Å². The average Bonchev–Trinajstić information content (AvgIpc) is 2.42. The predicted octanol–water partition coefficient (Wildman–Crippen LogP) is 1.49. The molecule has 1 saturated carbocycles. The minimum atomic E-state index is -1.11. The molecule has 4 atom stereocenters. The third-order valence-electron chi connectivity index (χ3n) is 4.58. The number of carbonyl (C=O) groups is 3. The summed E-state index contributed by atoms with van der Waals surface area (Å²) in [5, 5.41) is 18.7. The zero-order chi connectivity index (χ0) is 15.6. The lowest BCUT2D eigenvalue weighted by atomic mass is 9.67. The van der Waals surface area contributed by atoms with Crippen LogP contribution in [0.5, 0.6) is 0 Å². The molecule has 0 bridgehead atoms. The van der Waals surface area contributed by atoms with E-state index in [1.807, 2.05) is 6.08 Å². The van der Waals surface area contributed by atoms with Crippen molar-refractivity contribution >= 4 is 17.7 Å². The van der Waals surface area contributed by atoms with Gasteiger partial charge in [0.05, 0.1) is 11.8 Å². The van der Waals surface area contributed by atoms with Gasteiger partial charge in [-0.1, -0.05) is 11.6 Å². The van der Waals surface area contributed by atoms with Crippen molar-refractivity contribution in [2.45, 2.75) is 38.2 Å². The number of hydrogen-bond acceptors (Lipinski definition) is 4. The number of Topliss-reactive ketones (excluding diaryl/α,β-unsaturated/α-hetero) is 1. The minimum absolute atomic E-state index is 0.0295. The van der Waals surface area contributed by atoms with E-state index in [1.54, 1.807) is 0 Å². The van der Waals surface area contributed by atoms with Crippen LogP contribution in [0.2, 0.25) is 0 Å². The number of carboxylic acids is 2. The second-order valence-corrected chi connectivity index (χ2v) is 5.71. The highest BCUT2D eigenvalue weighted by Gasteiger charge is 2.45. The normalized spacial score (nSPS) is 33.4. The van der Waals surface area contributed by atoms with Crippen molar-refractivity contribution in [3.63, 3.8) is 0 Å². The molecule has 2 N–H and O–H groups in total. The first-order valence-corrected chi connectivity index (χ1v) is 7.15. The van der Waals surface area contributed by atoms with Gasteiger partial charge in [0, 0.05) is 13.5 Å². The molecule has 0 aromatic heterocycles. The summed E-state index contributed by atoms with van der Waals surface area (Å²) in [5.41, 5.74) is 0.967. The molecule has 1 fully saturated rings. The van der Waals surface area contributed by atoms with Gasteiger partial charge >= 0.3 is 11.9 Å². The fourth-order valence-corrected chi connectivity index (χ4v) is 3.49. The number of fused-ring (bicyclic) bond motifs is 1. The van der Waals surface area contributed by atoms with E-state index in [4.69, 9.17) is 4.74 Å². The Labute approximate surface area is 122 Å². The fraction of sp³-hybridized carbons (Fsp3) is 0.667. The first kappa shape index (κ1) is 15.7. The Bertz CT molecular complexity index is 481. The summed E-state index contributed by atoms with van der Waals surface area (Å²) in [5.74, 6) is -4.61. The Morgan fingerprint density at radius 2 is 1.95 bits per heavy atom. The Kier molecular flexibility index (Phi) is 4.77. The molecular weight excluding hydrogens is 276 g/mol. The summed E-state index contributed by atoms with van der Waals surface area (Å²) < 4.78 is 5.19. The van der Waals surface area contributed by atoms with E-state index >= 15 is 0 Å². The molecule has 2 aliphatic rings. The molecule has 0 aromatic carbocycles. The maximum Gasteiger partial charge on any atom is 0.307 e. The van der Waals surface area contributed by atoms with Gasteiger partial charge in [-0.25, -0.2) is 0 Å². The van der Waals surface area contributed by atoms with Crippen LogP contribution in [0.15, 0.2) is 11.6 Å². The number of methoxy groups -OCH3 is 1. The van der Waals surface area contributed by atoms with Crippen LogP contribution in [-0.4, -0.2) is 41.1 Å². The lowest BCUT2D eigenvalue weighted by molar-refractivity contribution is -0.157. The molecule has 2 rings (SSSR count). The molecule has 0 aliphatic heterocycles. The monoisotopic (exact) mass is 296 g/mol.